The topological polar surface area (TPSA) is 60.9 Å². The molecule has 1 aromatic carbocycles. The zero-order valence-electron chi connectivity index (χ0n) is 15.2. The van der Waals surface area contributed by atoms with Crippen molar-refractivity contribution in [2.45, 2.75) is 44.6 Å². The van der Waals surface area contributed by atoms with Gasteiger partial charge in [0.1, 0.15) is 0 Å². The molecular formula is C19H27ClN2O3. The number of carboxylic acid groups (broad SMARTS) is 1. The van der Waals surface area contributed by atoms with E-state index in [0.29, 0.717) is 18.1 Å². The molecule has 5 nitrogen and oxygen atoms in total. The third-order valence-electron chi connectivity index (χ3n) is 5.07. The Balaban J connectivity index is 2.06. The number of nitrogens with zero attached hydrogens (tertiary/aromatic N) is 2. The molecule has 1 amide bonds. The van der Waals surface area contributed by atoms with Crippen molar-refractivity contribution in [2.75, 3.05) is 26.7 Å². The minimum absolute atomic E-state index is 0.0343. The third kappa shape index (κ3) is 4.95. The van der Waals surface area contributed by atoms with E-state index in [1.807, 2.05) is 48.9 Å². The number of hydrogen-bond donors (Lipinski definition) is 1. The van der Waals surface area contributed by atoms with Gasteiger partial charge in [0, 0.05) is 24.2 Å². The van der Waals surface area contributed by atoms with Crippen LogP contribution in [0.15, 0.2) is 24.3 Å². The smallest absolute Gasteiger partial charge is 0.317 e. The van der Waals surface area contributed by atoms with E-state index in [9.17, 15) is 9.59 Å². The summed E-state index contributed by atoms with van der Waals surface area (Å²) in [6.45, 7) is 5.25. The molecule has 1 aromatic rings. The number of aliphatic carboxylic acids is 1. The van der Waals surface area contributed by atoms with Gasteiger partial charge < -0.3 is 10.0 Å². The van der Waals surface area contributed by atoms with Crippen molar-refractivity contribution >= 4 is 23.5 Å². The van der Waals surface area contributed by atoms with Crippen LogP contribution in [0.2, 0.25) is 5.02 Å². The summed E-state index contributed by atoms with van der Waals surface area (Å²) in [5, 5.41) is 9.59. The standard InChI is InChI=1S/C19H27ClN2O3/c1-19(2,14-6-4-7-15(20)12-14)18(25)22-10-5-8-16(9-11-22)21(3)13-17(23)24/h4,6-7,12,16H,5,8-11,13H2,1-3H3,(H,23,24). The number of hydrogen-bond acceptors (Lipinski definition) is 3. The molecular weight excluding hydrogens is 340 g/mol. The maximum Gasteiger partial charge on any atom is 0.317 e. The second kappa shape index (κ2) is 8.19. The number of carboxylic acids is 1. The molecule has 1 saturated heterocycles. The highest BCUT2D eigenvalue weighted by Gasteiger charge is 2.35. The summed E-state index contributed by atoms with van der Waals surface area (Å²) in [6.07, 6.45) is 2.58. The van der Waals surface area contributed by atoms with Crippen LogP contribution < -0.4 is 0 Å². The average molecular weight is 367 g/mol. The van der Waals surface area contributed by atoms with Crippen molar-refractivity contribution in [1.29, 1.82) is 0 Å². The van der Waals surface area contributed by atoms with Gasteiger partial charge >= 0.3 is 5.97 Å². The van der Waals surface area contributed by atoms with Crippen LogP contribution in [0.5, 0.6) is 0 Å². The highest BCUT2D eigenvalue weighted by Crippen LogP contribution is 2.29. The first-order valence-corrected chi connectivity index (χ1v) is 9.07. The second-order valence-electron chi connectivity index (χ2n) is 7.32. The normalized spacial score (nSPS) is 18.9. The third-order valence-corrected chi connectivity index (χ3v) is 5.31. The SMILES string of the molecule is CN(CC(=O)O)C1CCCN(C(=O)C(C)(C)c2cccc(Cl)c2)CC1. The molecule has 138 valence electrons. The molecule has 0 aliphatic carbocycles. The maximum atomic E-state index is 13.1. The summed E-state index contributed by atoms with van der Waals surface area (Å²) in [4.78, 5) is 27.8. The number of rotatable bonds is 5. The molecule has 0 radical (unpaired) electrons. The van der Waals surface area contributed by atoms with Crippen molar-refractivity contribution in [3.63, 3.8) is 0 Å². The minimum Gasteiger partial charge on any atom is -0.480 e. The Kier molecular flexibility index (Phi) is 6.47. The van der Waals surface area contributed by atoms with Gasteiger partial charge in [-0.15, -0.1) is 0 Å². The Morgan fingerprint density at radius 2 is 2.04 bits per heavy atom. The second-order valence-corrected chi connectivity index (χ2v) is 7.76. The van der Waals surface area contributed by atoms with E-state index in [4.69, 9.17) is 16.7 Å². The zero-order valence-corrected chi connectivity index (χ0v) is 15.9. The van der Waals surface area contributed by atoms with Crippen molar-refractivity contribution in [2.24, 2.45) is 0 Å². The lowest BCUT2D eigenvalue weighted by Gasteiger charge is -2.32. The van der Waals surface area contributed by atoms with Crippen molar-refractivity contribution < 1.29 is 14.7 Å². The number of carbonyl (C=O) groups excluding carboxylic acids is 1. The van der Waals surface area contributed by atoms with Crippen LogP contribution in [0.1, 0.15) is 38.7 Å². The van der Waals surface area contributed by atoms with Gasteiger partial charge in [-0.05, 0) is 57.9 Å². The maximum absolute atomic E-state index is 13.1. The van der Waals surface area contributed by atoms with Crippen LogP contribution in [0.25, 0.3) is 0 Å². The molecule has 0 spiro atoms. The first-order chi connectivity index (χ1) is 11.7. The molecule has 1 atom stereocenters. The number of amides is 1. The molecule has 25 heavy (non-hydrogen) atoms. The molecule has 1 fully saturated rings. The molecule has 1 N–H and O–H groups in total. The van der Waals surface area contributed by atoms with Gasteiger partial charge in [-0.3, -0.25) is 14.5 Å². The Hall–Kier alpha value is -1.59. The van der Waals surface area contributed by atoms with Gasteiger partial charge in [-0.25, -0.2) is 0 Å². The van der Waals surface area contributed by atoms with E-state index in [1.54, 1.807) is 6.07 Å². The fourth-order valence-corrected chi connectivity index (χ4v) is 3.65. The van der Waals surface area contributed by atoms with Gasteiger partial charge in [0.05, 0.1) is 12.0 Å². The minimum atomic E-state index is -0.818. The van der Waals surface area contributed by atoms with E-state index in [2.05, 4.69) is 0 Å². The number of carbonyl (C=O) groups is 2. The highest BCUT2D eigenvalue weighted by molar-refractivity contribution is 6.30. The highest BCUT2D eigenvalue weighted by atomic mass is 35.5. The van der Waals surface area contributed by atoms with Crippen LogP contribution in [0.3, 0.4) is 0 Å². The van der Waals surface area contributed by atoms with Gasteiger partial charge in [0.2, 0.25) is 5.91 Å². The van der Waals surface area contributed by atoms with E-state index in [0.717, 1.165) is 24.8 Å². The average Bonchev–Trinajstić information content (AvgIpc) is 2.79. The first kappa shape index (κ1) is 19.7. The van der Waals surface area contributed by atoms with Crippen LogP contribution in [0, 0.1) is 0 Å². The lowest BCUT2D eigenvalue weighted by atomic mass is 9.83. The zero-order chi connectivity index (χ0) is 18.6. The molecule has 1 aliphatic rings. The number of likely N-dealkylation sites (N-methyl/N-ethyl adjacent to an activating group) is 1. The van der Waals surface area contributed by atoms with Crippen molar-refractivity contribution in [3.8, 4) is 0 Å². The van der Waals surface area contributed by atoms with Crippen LogP contribution in [0.4, 0.5) is 0 Å². The van der Waals surface area contributed by atoms with Gasteiger partial charge in [-0.2, -0.15) is 0 Å². The van der Waals surface area contributed by atoms with E-state index in [1.165, 1.54) is 0 Å². The van der Waals surface area contributed by atoms with Crippen LogP contribution >= 0.6 is 11.6 Å². The summed E-state index contributed by atoms with van der Waals surface area (Å²) < 4.78 is 0. The predicted octanol–water partition coefficient (Wildman–Crippen LogP) is 3.02. The van der Waals surface area contributed by atoms with E-state index >= 15 is 0 Å². The molecule has 1 aliphatic heterocycles. The van der Waals surface area contributed by atoms with Crippen LogP contribution in [-0.4, -0.2) is 59.5 Å². The predicted molar refractivity (Wildman–Crippen MR) is 99.0 cm³/mol. The van der Waals surface area contributed by atoms with Gasteiger partial charge in [-0.1, -0.05) is 23.7 Å². The Bertz CT molecular complexity index is 633. The quantitative estimate of drug-likeness (QED) is 0.870. The molecule has 0 aromatic heterocycles. The lowest BCUT2D eigenvalue weighted by Crippen LogP contribution is -2.44. The summed E-state index contributed by atoms with van der Waals surface area (Å²) >= 11 is 6.08. The molecule has 6 heteroatoms. The van der Waals surface area contributed by atoms with Crippen molar-refractivity contribution in [3.05, 3.63) is 34.9 Å². The lowest BCUT2D eigenvalue weighted by molar-refractivity contribution is -0.139. The van der Waals surface area contributed by atoms with E-state index < -0.39 is 11.4 Å². The van der Waals surface area contributed by atoms with Crippen molar-refractivity contribution in [1.82, 2.24) is 9.80 Å². The summed E-state index contributed by atoms with van der Waals surface area (Å²) in [5.74, 6) is -0.724. The monoisotopic (exact) mass is 366 g/mol. The fourth-order valence-electron chi connectivity index (χ4n) is 3.46. The van der Waals surface area contributed by atoms with Gasteiger partial charge in [0.15, 0.2) is 0 Å². The molecule has 1 heterocycles. The Morgan fingerprint density at radius 3 is 2.68 bits per heavy atom. The van der Waals surface area contributed by atoms with Gasteiger partial charge in [0.25, 0.3) is 0 Å². The molecule has 1 unspecified atom stereocenters. The van der Waals surface area contributed by atoms with E-state index in [-0.39, 0.29) is 18.5 Å². The number of halogens is 1. The molecule has 0 saturated carbocycles. The molecule has 2 rings (SSSR count). The van der Waals surface area contributed by atoms with Crippen LogP contribution in [-0.2, 0) is 15.0 Å². The Morgan fingerprint density at radius 1 is 1.32 bits per heavy atom. The largest absolute Gasteiger partial charge is 0.480 e. The summed E-state index contributed by atoms with van der Waals surface area (Å²) in [5.41, 5.74) is 0.270. The summed E-state index contributed by atoms with van der Waals surface area (Å²) in [7, 11) is 1.84. The summed E-state index contributed by atoms with van der Waals surface area (Å²) in [6, 6.07) is 7.65. The molecule has 0 bridgehead atoms. The number of likely N-dealkylation sites (tertiary alicyclic amines) is 1. The fraction of sp³-hybridized carbons (Fsp3) is 0.579. The Labute approximate surface area is 154 Å². The first-order valence-electron chi connectivity index (χ1n) is 8.69. The number of benzene rings is 1.